The first-order valence-electron chi connectivity index (χ1n) is 5.33. The molecule has 0 saturated heterocycles. The minimum absolute atomic E-state index is 0.297. The van der Waals surface area contributed by atoms with Gasteiger partial charge < -0.3 is 15.3 Å². The highest BCUT2D eigenvalue weighted by molar-refractivity contribution is 5.74. The molecule has 2 aromatic rings. The summed E-state index contributed by atoms with van der Waals surface area (Å²) in [6.07, 6.45) is -2.47. The second-order valence-electron chi connectivity index (χ2n) is 3.88. The van der Waals surface area contributed by atoms with E-state index >= 15 is 0 Å². The summed E-state index contributed by atoms with van der Waals surface area (Å²) in [5, 5.41) is 28.0. The van der Waals surface area contributed by atoms with Gasteiger partial charge in [-0.15, -0.1) is 0 Å². The number of rotatable bonds is 3. The molecule has 1 heterocycles. The van der Waals surface area contributed by atoms with E-state index in [0.29, 0.717) is 16.9 Å². The van der Waals surface area contributed by atoms with Gasteiger partial charge in [0.1, 0.15) is 12.2 Å². The van der Waals surface area contributed by atoms with Crippen molar-refractivity contribution in [3.05, 3.63) is 35.7 Å². The lowest BCUT2D eigenvalue weighted by molar-refractivity contribution is -0.0176. The average molecular weight is 234 g/mol. The van der Waals surface area contributed by atoms with Crippen molar-refractivity contribution in [1.29, 1.82) is 0 Å². The van der Waals surface area contributed by atoms with Crippen LogP contribution in [0.4, 0.5) is 0 Å². The van der Waals surface area contributed by atoms with Crippen molar-refractivity contribution in [2.75, 3.05) is 6.61 Å². The van der Waals surface area contributed by atoms with E-state index in [9.17, 15) is 10.2 Å². The molecule has 2 atom stereocenters. The number of benzene rings is 1. The Hall–Kier alpha value is -1.56. The molecule has 0 aliphatic rings. The molecule has 1 aromatic heterocycles. The number of aliphatic hydroxyl groups excluding tert-OH is 3. The van der Waals surface area contributed by atoms with Gasteiger partial charge in [0.2, 0.25) is 0 Å². The zero-order valence-electron chi connectivity index (χ0n) is 9.41. The third-order valence-electron chi connectivity index (χ3n) is 2.61. The number of hydrogen-bond donors (Lipinski definition) is 3. The molecule has 90 valence electrons. The van der Waals surface area contributed by atoms with Gasteiger partial charge in [0.15, 0.2) is 0 Å². The van der Waals surface area contributed by atoms with Gasteiger partial charge in [0, 0.05) is 0 Å². The van der Waals surface area contributed by atoms with Crippen LogP contribution in [0.5, 0.6) is 0 Å². The van der Waals surface area contributed by atoms with Crippen LogP contribution < -0.4 is 0 Å². The lowest BCUT2D eigenvalue weighted by Crippen LogP contribution is -2.24. The van der Waals surface area contributed by atoms with Crippen LogP contribution in [0.25, 0.3) is 11.0 Å². The van der Waals surface area contributed by atoms with Gasteiger partial charge in [-0.2, -0.15) is 0 Å². The van der Waals surface area contributed by atoms with Crippen LogP contribution in [0, 0.1) is 6.92 Å². The summed E-state index contributed by atoms with van der Waals surface area (Å²) >= 11 is 0. The molecule has 2 unspecified atom stereocenters. The lowest BCUT2D eigenvalue weighted by atomic mass is 10.1. The molecular weight excluding hydrogens is 220 g/mol. The minimum atomic E-state index is -1.25. The summed E-state index contributed by atoms with van der Waals surface area (Å²) in [6.45, 7) is 1.19. The van der Waals surface area contributed by atoms with E-state index in [2.05, 4.69) is 9.97 Å². The van der Waals surface area contributed by atoms with Crippen LogP contribution in [-0.4, -0.2) is 38.0 Å². The van der Waals surface area contributed by atoms with E-state index < -0.39 is 18.8 Å². The fraction of sp³-hybridized carbons (Fsp3) is 0.333. The normalized spacial score (nSPS) is 14.8. The Morgan fingerprint density at radius 2 is 1.71 bits per heavy atom. The van der Waals surface area contributed by atoms with Crippen LogP contribution in [0.1, 0.15) is 17.5 Å². The minimum Gasteiger partial charge on any atom is -0.394 e. The Morgan fingerprint density at radius 3 is 2.29 bits per heavy atom. The van der Waals surface area contributed by atoms with Crippen molar-refractivity contribution in [2.45, 2.75) is 19.1 Å². The average Bonchev–Trinajstić information content (AvgIpc) is 2.36. The molecule has 0 bridgehead atoms. The standard InChI is InChI=1S/C12H14N2O3/c1-7-11(12(17)10(16)6-15)14-9-5-3-2-4-8(9)13-7/h2-5,10,12,15-17H,6H2,1H3. The number of aliphatic hydroxyl groups is 3. The van der Waals surface area contributed by atoms with E-state index in [1.54, 1.807) is 13.0 Å². The monoisotopic (exact) mass is 234 g/mol. The van der Waals surface area contributed by atoms with Gasteiger partial charge in [0.05, 0.1) is 29.0 Å². The predicted octanol–water partition coefficient (Wildman–Crippen LogP) is 0.325. The summed E-state index contributed by atoms with van der Waals surface area (Å²) in [7, 11) is 0. The van der Waals surface area contributed by atoms with Crippen molar-refractivity contribution < 1.29 is 15.3 Å². The van der Waals surface area contributed by atoms with Crippen LogP contribution in [0.3, 0.4) is 0 Å². The highest BCUT2D eigenvalue weighted by Gasteiger charge is 2.21. The predicted molar refractivity (Wildman–Crippen MR) is 62.3 cm³/mol. The zero-order chi connectivity index (χ0) is 12.4. The molecule has 5 nitrogen and oxygen atoms in total. The number of hydrogen-bond acceptors (Lipinski definition) is 5. The van der Waals surface area contributed by atoms with E-state index in [0.717, 1.165) is 5.52 Å². The molecule has 0 amide bonds. The highest BCUT2D eigenvalue weighted by Crippen LogP contribution is 2.20. The first-order chi connectivity index (χ1) is 8.13. The molecule has 5 heteroatoms. The number of nitrogens with zero attached hydrogens (tertiary/aromatic N) is 2. The fourth-order valence-corrected chi connectivity index (χ4v) is 1.66. The third kappa shape index (κ3) is 2.26. The number of aromatic nitrogens is 2. The van der Waals surface area contributed by atoms with Gasteiger partial charge in [-0.1, -0.05) is 12.1 Å². The lowest BCUT2D eigenvalue weighted by Gasteiger charge is -2.16. The summed E-state index contributed by atoms with van der Waals surface area (Å²) in [4.78, 5) is 8.56. The van der Waals surface area contributed by atoms with E-state index in [4.69, 9.17) is 5.11 Å². The molecule has 0 fully saturated rings. The highest BCUT2D eigenvalue weighted by atomic mass is 16.4. The molecule has 0 aliphatic carbocycles. The van der Waals surface area contributed by atoms with Crippen molar-refractivity contribution >= 4 is 11.0 Å². The second kappa shape index (κ2) is 4.75. The van der Waals surface area contributed by atoms with Gasteiger partial charge in [0.25, 0.3) is 0 Å². The van der Waals surface area contributed by atoms with Crippen molar-refractivity contribution in [3.8, 4) is 0 Å². The zero-order valence-corrected chi connectivity index (χ0v) is 9.41. The van der Waals surface area contributed by atoms with Crippen molar-refractivity contribution in [3.63, 3.8) is 0 Å². The maximum absolute atomic E-state index is 9.82. The molecule has 0 saturated carbocycles. The Morgan fingerprint density at radius 1 is 1.12 bits per heavy atom. The van der Waals surface area contributed by atoms with Crippen molar-refractivity contribution in [2.24, 2.45) is 0 Å². The molecule has 0 spiro atoms. The largest absolute Gasteiger partial charge is 0.394 e. The molecule has 0 radical (unpaired) electrons. The third-order valence-corrected chi connectivity index (χ3v) is 2.61. The summed E-state index contributed by atoms with van der Waals surface area (Å²) in [6, 6.07) is 7.29. The molecule has 17 heavy (non-hydrogen) atoms. The Kier molecular flexibility index (Phi) is 3.33. The quantitative estimate of drug-likeness (QED) is 0.712. The second-order valence-corrected chi connectivity index (χ2v) is 3.88. The van der Waals surface area contributed by atoms with Gasteiger partial charge in [-0.3, -0.25) is 0 Å². The smallest absolute Gasteiger partial charge is 0.126 e. The van der Waals surface area contributed by atoms with Crippen LogP contribution >= 0.6 is 0 Å². The number of aryl methyl sites for hydroxylation is 1. The van der Waals surface area contributed by atoms with Crippen LogP contribution in [0.15, 0.2) is 24.3 Å². The molecular formula is C12H14N2O3. The Balaban J connectivity index is 2.50. The maximum atomic E-state index is 9.82. The molecule has 2 rings (SSSR count). The first kappa shape index (κ1) is 11.9. The Labute approximate surface area is 98.4 Å². The summed E-state index contributed by atoms with van der Waals surface area (Å²) in [5.41, 5.74) is 2.23. The SMILES string of the molecule is Cc1nc2ccccc2nc1C(O)C(O)CO. The van der Waals surface area contributed by atoms with Crippen LogP contribution in [-0.2, 0) is 0 Å². The number of fused-ring (bicyclic) bond motifs is 1. The molecule has 0 aliphatic heterocycles. The Bertz CT molecular complexity index is 530. The van der Waals surface area contributed by atoms with E-state index in [-0.39, 0.29) is 0 Å². The first-order valence-corrected chi connectivity index (χ1v) is 5.33. The fourth-order valence-electron chi connectivity index (χ4n) is 1.66. The van der Waals surface area contributed by atoms with Crippen LogP contribution in [0.2, 0.25) is 0 Å². The number of para-hydroxylation sites is 2. The topological polar surface area (TPSA) is 86.5 Å². The molecule has 1 aromatic carbocycles. The van der Waals surface area contributed by atoms with Gasteiger partial charge >= 0.3 is 0 Å². The van der Waals surface area contributed by atoms with E-state index in [1.165, 1.54) is 0 Å². The summed E-state index contributed by atoms with van der Waals surface area (Å²) < 4.78 is 0. The van der Waals surface area contributed by atoms with E-state index in [1.807, 2.05) is 18.2 Å². The van der Waals surface area contributed by atoms with Crippen molar-refractivity contribution in [1.82, 2.24) is 9.97 Å². The molecule has 3 N–H and O–H groups in total. The summed E-state index contributed by atoms with van der Waals surface area (Å²) in [5.74, 6) is 0. The maximum Gasteiger partial charge on any atom is 0.126 e. The van der Waals surface area contributed by atoms with Gasteiger partial charge in [-0.25, -0.2) is 9.97 Å². The van der Waals surface area contributed by atoms with Gasteiger partial charge in [-0.05, 0) is 19.1 Å².